The summed E-state index contributed by atoms with van der Waals surface area (Å²) in [6, 6.07) is 0. The van der Waals surface area contributed by atoms with Crippen LogP contribution in [0.1, 0.15) is 245 Å². The summed E-state index contributed by atoms with van der Waals surface area (Å²) in [4.78, 5) is 37.8. The van der Waals surface area contributed by atoms with E-state index in [0.717, 1.165) is 70.6 Å². The molecule has 326 valence electrons. The number of ether oxygens (including phenoxy) is 3. The SMILES string of the molecule is CC/C=C\C/C=C\C/C=C\CCCCC(=O)OC(COC(=O)CCCCCCCCCCCCC)COC(=O)CCCCCCCCCCCCCCCCC. The smallest absolute Gasteiger partial charge is 0.306 e. The minimum Gasteiger partial charge on any atom is -0.462 e. The lowest BCUT2D eigenvalue weighted by Gasteiger charge is -2.18. The van der Waals surface area contributed by atoms with Crippen LogP contribution in [0.25, 0.3) is 0 Å². The van der Waals surface area contributed by atoms with E-state index in [-0.39, 0.29) is 37.5 Å². The molecular formula is C50H90O6. The van der Waals surface area contributed by atoms with Crippen molar-refractivity contribution in [2.24, 2.45) is 0 Å². The maximum atomic E-state index is 12.7. The van der Waals surface area contributed by atoms with Gasteiger partial charge in [0.2, 0.25) is 0 Å². The standard InChI is InChI=1S/C50H90O6/c1-4-7-10-13-16-19-22-24-25-26-29-31-34-37-40-43-49(52)55-46-47(45-54-48(51)42-39-36-33-30-27-21-18-15-12-9-6-3)56-50(53)44-41-38-35-32-28-23-20-17-14-11-8-5-2/h8,11,17,20,28,32,47H,4-7,9-10,12-16,18-19,21-27,29-31,33-46H2,1-3H3/b11-8-,20-17-,32-28-. The van der Waals surface area contributed by atoms with Gasteiger partial charge in [-0.1, -0.05) is 211 Å². The van der Waals surface area contributed by atoms with Gasteiger partial charge < -0.3 is 14.2 Å². The summed E-state index contributed by atoms with van der Waals surface area (Å²) < 4.78 is 16.7. The molecule has 0 bridgehead atoms. The van der Waals surface area contributed by atoms with Crippen LogP contribution in [0.15, 0.2) is 36.5 Å². The van der Waals surface area contributed by atoms with E-state index in [0.29, 0.717) is 19.3 Å². The predicted octanol–water partition coefficient (Wildman–Crippen LogP) is 15.4. The number of hydrogen-bond acceptors (Lipinski definition) is 6. The minimum absolute atomic E-state index is 0.0838. The van der Waals surface area contributed by atoms with E-state index in [9.17, 15) is 14.4 Å². The van der Waals surface area contributed by atoms with E-state index in [1.165, 1.54) is 128 Å². The maximum absolute atomic E-state index is 12.7. The van der Waals surface area contributed by atoms with Gasteiger partial charge in [0.25, 0.3) is 0 Å². The molecule has 6 nitrogen and oxygen atoms in total. The van der Waals surface area contributed by atoms with Gasteiger partial charge in [-0.05, 0) is 51.4 Å². The average molecular weight is 787 g/mol. The first-order valence-corrected chi connectivity index (χ1v) is 24.0. The van der Waals surface area contributed by atoms with Crippen molar-refractivity contribution in [3.8, 4) is 0 Å². The fourth-order valence-corrected chi connectivity index (χ4v) is 6.81. The molecule has 0 aliphatic heterocycles. The summed E-state index contributed by atoms with van der Waals surface area (Å²) in [7, 11) is 0. The molecule has 0 N–H and O–H groups in total. The van der Waals surface area contributed by atoms with Gasteiger partial charge in [0, 0.05) is 19.3 Å². The predicted molar refractivity (Wildman–Crippen MR) is 238 cm³/mol. The lowest BCUT2D eigenvalue weighted by atomic mass is 10.0. The van der Waals surface area contributed by atoms with Crippen molar-refractivity contribution in [2.45, 2.75) is 252 Å². The Labute approximate surface area is 346 Å². The molecule has 0 aromatic heterocycles. The average Bonchev–Trinajstić information content (AvgIpc) is 3.19. The zero-order valence-electron chi connectivity index (χ0n) is 37.2. The third kappa shape index (κ3) is 42.8. The molecule has 6 heteroatoms. The largest absolute Gasteiger partial charge is 0.462 e. The van der Waals surface area contributed by atoms with Gasteiger partial charge in [-0.15, -0.1) is 0 Å². The quantitative estimate of drug-likeness (QED) is 0.0265. The van der Waals surface area contributed by atoms with Crippen LogP contribution in [0.2, 0.25) is 0 Å². The van der Waals surface area contributed by atoms with Crippen molar-refractivity contribution in [3.05, 3.63) is 36.5 Å². The van der Waals surface area contributed by atoms with Crippen molar-refractivity contribution < 1.29 is 28.6 Å². The molecule has 0 aromatic rings. The van der Waals surface area contributed by atoms with E-state index in [2.05, 4.69) is 57.2 Å². The normalized spacial score (nSPS) is 12.3. The zero-order chi connectivity index (χ0) is 40.8. The molecule has 0 aliphatic rings. The van der Waals surface area contributed by atoms with E-state index in [1.54, 1.807) is 0 Å². The van der Waals surface area contributed by atoms with Crippen LogP contribution in [0, 0.1) is 0 Å². The summed E-state index contributed by atoms with van der Waals surface area (Å²) in [5.74, 6) is -0.917. The highest BCUT2D eigenvalue weighted by molar-refractivity contribution is 5.71. The third-order valence-electron chi connectivity index (χ3n) is 10.4. The van der Waals surface area contributed by atoms with Crippen molar-refractivity contribution in [2.75, 3.05) is 13.2 Å². The molecule has 0 saturated heterocycles. The van der Waals surface area contributed by atoms with Crippen LogP contribution >= 0.6 is 0 Å². The molecule has 0 amide bonds. The van der Waals surface area contributed by atoms with Crippen LogP contribution in [-0.2, 0) is 28.6 Å². The number of unbranched alkanes of at least 4 members (excludes halogenated alkanes) is 26. The molecule has 0 aliphatic carbocycles. The number of esters is 3. The van der Waals surface area contributed by atoms with Crippen LogP contribution in [0.4, 0.5) is 0 Å². The van der Waals surface area contributed by atoms with Gasteiger partial charge in [-0.25, -0.2) is 0 Å². The fourth-order valence-electron chi connectivity index (χ4n) is 6.81. The molecule has 0 saturated carbocycles. The van der Waals surface area contributed by atoms with Crippen molar-refractivity contribution >= 4 is 17.9 Å². The molecule has 0 rings (SSSR count). The summed E-state index contributed by atoms with van der Waals surface area (Å²) in [6.45, 7) is 6.49. The van der Waals surface area contributed by atoms with Gasteiger partial charge in [-0.3, -0.25) is 14.4 Å². The minimum atomic E-state index is -0.785. The van der Waals surface area contributed by atoms with E-state index in [4.69, 9.17) is 14.2 Å². The number of hydrogen-bond donors (Lipinski definition) is 0. The lowest BCUT2D eigenvalue weighted by molar-refractivity contribution is -0.167. The Morgan fingerprint density at radius 1 is 0.375 bits per heavy atom. The Bertz CT molecular complexity index is 953. The molecule has 0 heterocycles. The molecule has 0 radical (unpaired) electrons. The number of carbonyl (C=O) groups excluding carboxylic acids is 3. The monoisotopic (exact) mass is 787 g/mol. The van der Waals surface area contributed by atoms with E-state index >= 15 is 0 Å². The molecule has 56 heavy (non-hydrogen) atoms. The number of rotatable bonds is 43. The molecule has 0 aromatic carbocycles. The van der Waals surface area contributed by atoms with Gasteiger partial charge in [0.15, 0.2) is 6.10 Å². The van der Waals surface area contributed by atoms with Crippen molar-refractivity contribution in [1.29, 1.82) is 0 Å². The molecule has 0 spiro atoms. The Kier molecular flexibility index (Phi) is 43.4. The van der Waals surface area contributed by atoms with Crippen LogP contribution in [0.5, 0.6) is 0 Å². The Morgan fingerprint density at radius 2 is 0.696 bits per heavy atom. The first-order valence-electron chi connectivity index (χ1n) is 24.0. The van der Waals surface area contributed by atoms with Crippen molar-refractivity contribution in [1.82, 2.24) is 0 Å². The molecule has 1 unspecified atom stereocenters. The zero-order valence-corrected chi connectivity index (χ0v) is 37.2. The van der Waals surface area contributed by atoms with Crippen molar-refractivity contribution in [3.63, 3.8) is 0 Å². The second kappa shape index (κ2) is 45.3. The van der Waals surface area contributed by atoms with Gasteiger partial charge in [0.05, 0.1) is 0 Å². The molecule has 0 fully saturated rings. The van der Waals surface area contributed by atoms with Crippen LogP contribution < -0.4 is 0 Å². The van der Waals surface area contributed by atoms with E-state index < -0.39 is 6.10 Å². The first kappa shape index (κ1) is 53.6. The summed E-state index contributed by atoms with van der Waals surface area (Å²) in [5.41, 5.74) is 0. The summed E-state index contributed by atoms with van der Waals surface area (Å²) in [6.07, 6.45) is 51.3. The Morgan fingerprint density at radius 3 is 1.09 bits per heavy atom. The lowest BCUT2D eigenvalue weighted by Crippen LogP contribution is -2.30. The topological polar surface area (TPSA) is 78.9 Å². The first-order chi connectivity index (χ1) is 27.5. The Balaban J connectivity index is 4.37. The molecule has 1 atom stereocenters. The number of carbonyl (C=O) groups is 3. The van der Waals surface area contributed by atoms with Crippen LogP contribution in [-0.4, -0.2) is 37.2 Å². The fraction of sp³-hybridized carbons (Fsp3) is 0.820. The highest BCUT2D eigenvalue weighted by atomic mass is 16.6. The van der Waals surface area contributed by atoms with Crippen LogP contribution in [0.3, 0.4) is 0 Å². The number of allylic oxidation sites excluding steroid dienone is 6. The van der Waals surface area contributed by atoms with Gasteiger partial charge in [0.1, 0.15) is 13.2 Å². The summed E-state index contributed by atoms with van der Waals surface area (Å²) >= 11 is 0. The second-order valence-corrected chi connectivity index (χ2v) is 16.0. The van der Waals surface area contributed by atoms with E-state index in [1.807, 2.05) is 0 Å². The second-order valence-electron chi connectivity index (χ2n) is 16.0. The Hall–Kier alpha value is -2.37. The summed E-state index contributed by atoms with van der Waals surface area (Å²) in [5, 5.41) is 0. The highest BCUT2D eigenvalue weighted by Gasteiger charge is 2.19. The highest BCUT2D eigenvalue weighted by Crippen LogP contribution is 2.15. The van der Waals surface area contributed by atoms with Gasteiger partial charge in [-0.2, -0.15) is 0 Å². The molecular weight excluding hydrogens is 697 g/mol. The van der Waals surface area contributed by atoms with Gasteiger partial charge >= 0.3 is 17.9 Å². The third-order valence-corrected chi connectivity index (χ3v) is 10.4. The maximum Gasteiger partial charge on any atom is 0.306 e.